The number of carbonyl (C=O) groups excluding carboxylic acids is 1. The van der Waals surface area contributed by atoms with Gasteiger partial charge < -0.3 is 4.90 Å². The highest BCUT2D eigenvalue weighted by Gasteiger charge is 2.30. The Hall–Kier alpha value is -3.43. The van der Waals surface area contributed by atoms with Gasteiger partial charge >= 0.3 is 0 Å². The molecular formula is C28H26N2O. The fourth-order valence-corrected chi connectivity index (χ4v) is 4.60. The van der Waals surface area contributed by atoms with Crippen LogP contribution >= 0.6 is 0 Å². The monoisotopic (exact) mass is 406 g/mol. The fourth-order valence-electron chi connectivity index (χ4n) is 4.60. The van der Waals surface area contributed by atoms with Gasteiger partial charge in [-0.05, 0) is 33.9 Å². The van der Waals surface area contributed by atoms with Crippen LogP contribution in [-0.4, -0.2) is 41.9 Å². The third-order valence-electron chi connectivity index (χ3n) is 6.23. The van der Waals surface area contributed by atoms with Gasteiger partial charge in [0.25, 0.3) is 0 Å². The maximum atomic E-state index is 12.7. The van der Waals surface area contributed by atoms with E-state index in [9.17, 15) is 4.79 Å². The summed E-state index contributed by atoms with van der Waals surface area (Å²) in [5, 5.41) is 0. The summed E-state index contributed by atoms with van der Waals surface area (Å²) in [4.78, 5) is 17.2. The lowest BCUT2D eigenvalue weighted by Crippen LogP contribution is -2.49. The molecular weight excluding hydrogens is 380 g/mol. The van der Waals surface area contributed by atoms with Crippen LogP contribution in [0, 0.1) is 0 Å². The van der Waals surface area contributed by atoms with E-state index in [0.717, 1.165) is 31.7 Å². The van der Waals surface area contributed by atoms with Gasteiger partial charge in [0.2, 0.25) is 5.91 Å². The number of piperazine rings is 1. The first-order valence-electron chi connectivity index (χ1n) is 10.9. The second-order valence-electron chi connectivity index (χ2n) is 8.10. The van der Waals surface area contributed by atoms with Gasteiger partial charge in [0.05, 0.1) is 6.04 Å². The molecule has 1 aliphatic carbocycles. The van der Waals surface area contributed by atoms with Crippen LogP contribution in [-0.2, 0) is 4.79 Å². The van der Waals surface area contributed by atoms with Crippen molar-refractivity contribution in [1.82, 2.24) is 9.80 Å². The first-order valence-corrected chi connectivity index (χ1v) is 10.9. The molecule has 0 spiro atoms. The second kappa shape index (κ2) is 8.75. The fraction of sp³-hybridized carbons (Fsp3) is 0.179. The van der Waals surface area contributed by atoms with E-state index in [1.165, 1.54) is 22.3 Å². The Bertz CT molecular complexity index is 1080. The van der Waals surface area contributed by atoms with Gasteiger partial charge in [0, 0.05) is 32.3 Å². The van der Waals surface area contributed by atoms with Gasteiger partial charge in [-0.3, -0.25) is 9.69 Å². The summed E-state index contributed by atoms with van der Waals surface area (Å²) in [6.45, 7) is 3.20. The molecule has 3 aromatic rings. The molecule has 31 heavy (non-hydrogen) atoms. The first kappa shape index (κ1) is 19.5. The van der Waals surface area contributed by atoms with Gasteiger partial charge in [-0.25, -0.2) is 0 Å². The third-order valence-corrected chi connectivity index (χ3v) is 6.23. The molecule has 0 saturated carbocycles. The van der Waals surface area contributed by atoms with E-state index in [4.69, 9.17) is 0 Å². The molecule has 5 rings (SSSR count). The molecule has 3 nitrogen and oxygen atoms in total. The third kappa shape index (κ3) is 4.10. The molecule has 0 N–H and O–H groups in total. The Morgan fingerprint density at radius 2 is 1.26 bits per heavy atom. The van der Waals surface area contributed by atoms with Crippen molar-refractivity contribution in [3.8, 4) is 0 Å². The van der Waals surface area contributed by atoms with Crippen molar-refractivity contribution < 1.29 is 4.79 Å². The van der Waals surface area contributed by atoms with E-state index in [1.807, 2.05) is 41.3 Å². The Labute approximate surface area is 183 Å². The highest BCUT2D eigenvalue weighted by molar-refractivity contribution is 5.91. The van der Waals surface area contributed by atoms with E-state index < -0.39 is 0 Å². The van der Waals surface area contributed by atoms with Crippen LogP contribution in [0.5, 0.6) is 0 Å². The van der Waals surface area contributed by atoms with Crippen LogP contribution in [0.2, 0.25) is 0 Å². The Morgan fingerprint density at radius 1 is 0.710 bits per heavy atom. The van der Waals surface area contributed by atoms with Gasteiger partial charge in [-0.15, -0.1) is 0 Å². The van der Waals surface area contributed by atoms with Crippen LogP contribution < -0.4 is 0 Å². The number of carbonyl (C=O) groups is 1. The molecule has 154 valence electrons. The molecule has 0 aromatic heterocycles. The molecule has 0 unspecified atom stereocenters. The standard InChI is InChI=1S/C28H26N2O/c31-27(17-14-22-8-2-1-3-9-22)29-18-20-30(21-19-29)28-25-12-6-4-10-23(25)15-16-24-11-5-7-13-26(24)28/h1-17,28H,18-21H2. The Kier molecular flexibility index (Phi) is 5.51. The zero-order valence-electron chi connectivity index (χ0n) is 17.5. The van der Waals surface area contributed by atoms with E-state index >= 15 is 0 Å². The molecule has 1 heterocycles. The van der Waals surface area contributed by atoms with Crippen LogP contribution in [0.25, 0.3) is 18.2 Å². The van der Waals surface area contributed by atoms with Gasteiger partial charge in [-0.2, -0.15) is 0 Å². The first-order chi connectivity index (χ1) is 15.3. The number of hydrogen-bond acceptors (Lipinski definition) is 2. The minimum atomic E-state index is 0.0897. The molecule has 0 atom stereocenters. The summed E-state index contributed by atoms with van der Waals surface area (Å²) in [6, 6.07) is 27.5. The summed E-state index contributed by atoms with van der Waals surface area (Å²) in [5.41, 5.74) is 6.27. The number of fused-ring (bicyclic) bond motifs is 2. The Balaban J connectivity index is 1.34. The van der Waals surface area contributed by atoms with E-state index in [1.54, 1.807) is 6.08 Å². The highest BCUT2D eigenvalue weighted by Crippen LogP contribution is 2.37. The van der Waals surface area contributed by atoms with E-state index in [0.29, 0.717) is 0 Å². The lowest BCUT2D eigenvalue weighted by Gasteiger charge is -2.40. The maximum absolute atomic E-state index is 12.7. The topological polar surface area (TPSA) is 23.6 Å². The van der Waals surface area contributed by atoms with Crippen molar-refractivity contribution in [3.05, 3.63) is 113 Å². The van der Waals surface area contributed by atoms with Gasteiger partial charge in [0.1, 0.15) is 0 Å². The molecule has 3 aromatic carbocycles. The molecule has 0 radical (unpaired) electrons. The van der Waals surface area contributed by atoms with Crippen molar-refractivity contribution in [1.29, 1.82) is 0 Å². The highest BCUT2D eigenvalue weighted by atomic mass is 16.2. The van der Waals surface area contributed by atoms with Crippen LogP contribution in [0.4, 0.5) is 0 Å². The van der Waals surface area contributed by atoms with E-state index in [-0.39, 0.29) is 11.9 Å². The van der Waals surface area contributed by atoms with Crippen molar-refractivity contribution in [2.24, 2.45) is 0 Å². The number of rotatable bonds is 3. The lowest BCUT2D eigenvalue weighted by molar-refractivity contribution is -0.127. The van der Waals surface area contributed by atoms with Crippen molar-refractivity contribution in [3.63, 3.8) is 0 Å². The summed E-state index contributed by atoms with van der Waals surface area (Å²) >= 11 is 0. The predicted octanol–water partition coefficient (Wildman–Crippen LogP) is 5.12. The zero-order chi connectivity index (χ0) is 21.0. The Morgan fingerprint density at radius 3 is 1.87 bits per heavy atom. The largest absolute Gasteiger partial charge is 0.337 e. The smallest absolute Gasteiger partial charge is 0.246 e. The van der Waals surface area contributed by atoms with Crippen LogP contribution in [0.1, 0.15) is 33.9 Å². The minimum absolute atomic E-state index is 0.0897. The van der Waals surface area contributed by atoms with Crippen molar-refractivity contribution in [2.45, 2.75) is 6.04 Å². The molecule has 1 fully saturated rings. The molecule has 0 bridgehead atoms. The maximum Gasteiger partial charge on any atom is 0.246 e. The minimum Gasteiger partial charge on any atom is -0.337 e. The predicted molar refractivity (Wildman–Crippen MR) is 127 cm³/mol. The van der Waals surface area contributed by atoms with E-state index in [2.05, 4.69) is 65.6 Å². The number of benzene rings is 3. The normalized spacial score (nSPS) is 16.7. The van der Waals surface area contributed by atoms with Crippen LogP contribution in [0.3, 0.4) is 0 Å². The van der Waals surface area contributed by atoms with Crippen molar-refractivity contribution >= 4 is 24.1 Å². The number of nitrogens with zero attached hydrogens (tertiary/aromatic N) is 2. The van der Waals surface area contributed by atoms with Crippen molar-refractivity contribution in [2.75, 3.05) is 26.2 Å². The molecule has 1 aliphatic heterocycles. The van der Waals surface area contributed by atoms with Gasteiger partial charge in [0.15, 0.2) is 0 Å². The number of amides is 1. The summed E-state index contributed by atoms with van der Waals surface area (Å²) in [6.07, 6.45) is 8.05. The average molecular weight is 407 g/mol. The zero-order valence-corrected chi connectivity index (χ0v) is 17.5. The molecule has 2 aliphatic rings. The second-order valence-corrected chi connectivity index (χ2v) is 8.10. The molecule has 3 heteroatoms. The SMILES string of the molecule is O=C(C=Cc1ccccc1)N1CCN(C2c3ccccc3C=Cc3ccccc32)CC1. The quantitative estimate of drug-likeness (QED) is 0.564. The summed E-state index contributed by atoms with van der Waals surface area (Å²) < 4.78 is 0. The summed E-state index contributed by atoms with van der Waals surface area (Å²) in [5.74, 6) is 0.0897. The average Bonchev–Trinajstić information content (AvgIpc) is 3.00. The lowest BCUT2D eigenvalue weighted by atomic mass is 9.92. The number of hydrogen-bond donors (Lipinski definition) is 0. The molecule has 1 saturated heterocycles. The van der Waals surface area contributed by atoms with Crippen LogP contribution in [0.15, 0.2) is 84.9 Å². The molecule has 1 amide bonds. The van der Waals surface area contributed by atoms with Gasteiger partial charge in [-0.1, -0.05) is 91.0 Å². The summed E-state index contributed by atoms with van der Waals surface area (Å²) in [7, 11) is 0.